The lowest BCUT2D eigenvalue weighted by molar-refractivity contribution is 0.262. The van der Waals surface area contributed by atoms with Gasteiger partial charge in [0, 0.05) is 40.9 Å². The maximum atomic E-state index is 14.2. The molecule has 0 atom stereocenters. The minimum absolute atomic E-state index is 0.00999. The highest BCUT2D eigenvalue weighted by Gasteiger charge is 2.26. The normalized spacial score (nSPS) is 10.4. The number of aryl methyl sites for hydroxylation is 19. The van der Waals surface area contributed by atoms with Crippen molar-refractivity contribution in [3.8, 4) is 34.5 Å². The van der Waals surface area contributed by atoms with Gasteiger partial charge in [-0.15, -0.1) is 0 Å². The van der Waals surface area contributed by atoms with E-state index >= 15 is 0 Å². The van der Waals surface area contributed by atoms with E-state index in [-0.39, 0.29) is 62.1 Å². The third kappa shape index (κ3) is 33.1. The molecule has 0 amide bonds. The summed E-state index contributed by atoms with van der Waals surface area (Å²) >= 11 is 41.8. The topological polar surface area (TPSA) is 252 Å². The summed E-state index contributed by atoms with van der Waals surface area (Å²) in [7, 11) is 8.41. The zero-order chi connectivity index (χ0) is 106. The predicted octanol–water partition coefficient (Wildman–Crippen LogP) is 28.4. The SMILES string of the molecule is COC(=S)N(O)c1cccc(Br)c1COc1cc(C)c(C)cc1C.COC(=S)N(O)c1cccc(C)c1COc1cc(C)c(C)cc1C.COC(=S)N(O)c1cccc(Cl)c1COc1cc(C)c(C)cc1C.COC(=S)N(O)c1cccc(F)c1COc1cc(C)c(C)cc1C.COC(=S)N(O)c1cccc(I)c1COc1cc(C)c(C)cc1C.COC(=S)N(O)c1ccccc1COc1cc(C)c(C)cc1C. The second kappa shape index (κ2) is 56.9. The molecule has 143 heavy (non-hydrogen) atoms. The van der Waals surface area contributed by atoms with E-state index in [0.29, 0.717) is 69.7 Å². The van der Waals surface area contributed by atoms with Crippen LogP contribution in [-0.4, -0.2) is 105 Å². The number of ether oxygens (including phenoxy) is 12. The lowest BCUT2D eigenvalue weighted by Crippen LogP contribution is -2.28. The van der Waals surface area contributed by atoms with E-state index in [1.807, 2.05) is 166 Å². The second-order valence-electron chi connectivity index (χ2n) is 33.3. The van der Waals surface area contributed by atoms with Gasteiger partial charge in [-0.2, -0.15) is 30.4 Å². The number of nitrogens with zero attached hydrogens (tertiary/aromatic N) is 6. The summed E-state index contributed by atoms with van der Waals surface area (Å²) in [5, 5.41) is 66.1. The lowest BCUT2D eigenvalue weighted by Gasteiger charge is -2.21. The Morgan fingerprint density at radius 1 is 0.266 bits per heavy atom. The first-order chi connectivity index (χ1) is 67.7. The number of para-hydroxylation sites is 1. The van der Waals surface area contributed by atoms with E-state index in [2.05, 4.69) is 131 Å². The molecular formula is C109H124BrClFIN6O18S6. The van der Waals surface area contributed by atoms with Gasteiger partial charge in [-0.25, -0.2) is 4.39 Å². The van der Waals surface area contributed by atoms with Crippen LogP contribution < -0.4 is 58.8 Å². The molecule has 0 aliphatic heterocycles. The Kier molecular flexibility index (Phi) is 47.2. The van der Waals surface area contributed by atoms with Gasteiger partial charge in [0.15, 0.2) is 0 Å². The van der Waals surface area contributed by atoms with Crippen molar-refractivity contribution < 1.29 is 92.5 Å². The molecule has 12 rings (SSSR count). The first-order valence-corrected chi connectivity index (χ1v) is 49.3. The van der Waals surface area contributed by atoms with Crippen LogP contribution >= 0.6 is 123 Å². The number of anilines is 6. The molecule has 0 radical (unpaired) electrons. The number of thiocarbonyl (C=S) groups is 6. The molecule has 0 aliphatic rings. The van der Waals surface area contributed by atoms with Crippen LogP contribution in [0.15, 0.2) is 193 Å². The van der Waals surface area contributed by atoms with Crippen molar-refractivity contribution in [2.24, 2.45) is 0 Å². The van der Waals surface area contributed by atoms with Crippen molar-refractivity contribution in [2.75, 3.05) is 73.0 Å². The molecule has 0 saturated carbocycles. The van der Waals surface area contributed by atoms with Crippen LogP contribution in [0.2, 0.25) is 5.02 Å². The molecule has 0 fully saturated rings. The van der Waals surface area contributed by atoms with E-state index in [1.165, 1.54) is 110 Å². The minimum atomic E-state index is -0.494. The van der Waals surface area contributed by atoms with Gasteiger partial charge in [0.1, 0.15) is 80.0 Å². The van der Waals surface area contributed by atoms with Crippen LogP contribution in [0.3, 0.4) is 0 Å². The van der Waals surface area contributed by atoms with Crippen molar-refractivity contribution >= 4 is 189 Å². The third-order valence-electron chi connectivity index (χ3n) is 23.2. The first-order valence-electron chi connectivity index (χ1n) is 44.6. The molecule has 0 heterocycles. The molecular weight excluding hydrogens is 2130 g/mol. The summed E-state index contributed by atoms with van der Waals surface area (Å²) in [6.45, 7) is 40.1. The fraction of sp³-hybridized carbons (Fsp3) is 0.284. The Morgan fingerprint density at radius 2 is 0.497 bits per heavy atom. The lowest BCUT2D eigenvalue weighted by atomic mass is 10.1. The van der Waals surface area contributed by atoms with E-state index < -0.39 is 5.82 Å². The molecule has 6 N–H and O–H groups in total. The van der Waals surface area contributed by atoms with Gasteiger partial charge in [0.25, 0.3) is 31.0 Å². The van der Waals surface area contributed by atoms with Crippen LogP contribution in [-0.2, 0) is 68.1 Å². The highest BCUT2D eigenvalue weighted by Crippen LogP contribution is 2.38. The van der Waals surface area contributed by atoms with Gasteiger partial charge in [-0.3, -0.25) is 31.2 Å². The number of hydroxylamine groups is 6. The number of rotatable bonds is 24. The Hall–Kier alpha value is -11.2. The zero-order valence-corrected chi connectivity index (χ0v) is 94.3. The average Bonchev–Trinajstić information content (AvgIpc) is 0.823. The molecule has 0 aliphatic carbocycles. The van der Waals surface area contributed by atoms with Crippen LogP contribution in [0, 0.1) is 141 Å². The molecule has 0 bridgehead atoms. The highest BCUT2D eigenvalue weighted by atomic mass is 127. The zero-order valence-electron chi connectivity index (χ0n) is 84.9. The molecule has 24 nitrogen and oxygen atoms in total. The quantitative estimate of drug-likeness (QED) is 0.0187. The smallest absolute Gasteiger partial charge is 0.288 e. The maximum Gasteiger partial charge on any atom is 0.288 e. The van der Waals surface area contributed by atoms with Crippen molar-refractivity contribution in [1.29, 1.82) is 0 Å². The fourth-order valence-corrected chi connectivity index (χ4v) is 15.9. The Morgan fingerprint density at radius 3 is 0.839 bits per heavy atom. The summed E-state index contributed by atoms with van der Waals surface area (Å²) in [5.41, 5.74) is 28.5. The Bertz CT molecular complexity index is 5780. The number of halogens is 4. The molecule has 34 heteroatoms. The molecule has 0 saturated heterocycles. The van der Waals surface area contributed by atoms with E-state index in [4.69, 9.17) is 142 Å². The summed E-state index contributed by atoms with van der Waals surface area (Å²) in [6.07, 6.45) is 0. The maximum absolute atomic E-state index is 14.2. The van der Waals surface area contributed by atoms with Crippen LogP contribution in [0.25, 0.3) is 0 Å². The first kappa shape index (κ1) is 119. The summed E-state index contributed by atoms with van der Waals surface area (Å²) in [6, 6.07) is 58.1. The summed E-state index contributed by atoms with van der Waals surface area (Å²) < 4.78 is 81.1. The van der Waals surface area contributed by atoms with Gasteiger partial charge in [0.2, 0.25) is 0 Å². The number of benzene rings is 12. The molecule has 762 valence electrons. The average molecular weight is 2260 g/mol. The third-order valence-corrected chi connectivity index (χ3v) is 27.3. The Balaban J connectivity index is 0.000000233. The van der Waals surface area contributed by atoms with Crippen molar-refractivity contribution in [1.82, 2.24) is 0 Å². The van der Waals surface area contributed by atoms with Crippen LogP contribution in [0.4, 0.5) is 38.5 Å². The molecule has 0 aromatic heterocycles. The monoisotopic (exact) mass is 2260 g/mol. The van der Waals surface area contributed by atoms with Gasteiger partial charge >= 0.3 is 0 Å². The van der Waals surface area contributed by atoms with E-state index in [0.717, 1.165) is 134 Å². The fourth-order valence-electron chi connectivity index (χ4n) is 14.0. The van der Waals surface area contributed by atoms with Crippen molar-refractivity contribution in [3.05, 3.63) is 346 Å². The van der Waals surface area contributed by atoms with Gasteiger partial charge in [0.05, 0.1) is 82.3 Å². The van der Waals surface area contributed by atoms with Crippen LogP contribution in [0.5, 0.6) is 34.5 Å². The predicted molar refractivity (Wildman–Crippen MR) is 602 cm³/mol. The highest BCUT2D eigenvalue weighted by molar-refractivity contribution is 14.1. The molecule has 0 spiro atoms. The second-order valence-corrected chi connectivity index (χ2v) is 37.8. The molecule has 12 aromatic rings. The summed E-state index contributed by atoms with van der Waals surface area (Å²) in [5.74, 6) is 4.29. The van der Waals surface area contributed by atoms with Gasteiger partial charge < -0.3 is 56.8 Å². The van der Waals surface area contributed by atoms with E-state index in [1.54, 1.807) is 48.5 Å². The minimum Gasteiger partial charge on any atom is -0.489 e. The largest absolute Gasteiger partial charge is 0.489 e. The van der Waals surface area contributed by atoms with Crippen LogP contribution in [0.1, 0.15) is 139 Å². The van der Waals surface area contributed by atoms with Gasteiger partial charge in [-0.05, 0) is 430 Å². The van der Waals surface area contributed by atoms with Crippen molar-refractivity contribution in [3.63, 3.8) is 0 Å². The number of methoxy groups -OCH3 is 6. The number of hydrogen-bond donors (Lipinski definition) is 6. The number of hydrogen-bond acceptors (Lipinski definition) is 24. The molecule has 0 unspecified atom stereocenters. The summed E-state index contributed by atoms with van der Waals surface area (Å²) in [4.78, 5) is 0. The molecule has 12 aromatic carbocycles. The van der Waals surface area contributed by atoms with Gasteiger partial charge in [-0.1, -0.05) is 119 Å². The van der Waals surface area contributed by atoms with E-state index in [9.17, 15) is 35.6 Å². The Labute approximate surface area is 898 Å². The van der Waals surface area contributed by atoms with Crippen molar-refractivity contribution in [2.45, 2.75) is 171 Å². The standard InChI is InChI=1S/C19H23NO3S.C18H20BrNO3S.C18H20ClNO3S.C18H20FNO3S.C18H20INO3S.C18H21NO3S/c1-12-7-6-8-17(20(21)19(24)22-5)16(12)11-23-18-10-14(3)13(2)9-15(18)4;4*1-11-8-13(3)17(9-12(11)2)23-10-14-15(19)6-5-7-16(14)20(21)18(24)22-4;1-12-9-14(3)17(10-13(12)2)22-11-15-7-5-6-8-16(15)19(20)18(23)21-4/h6-10,21H,11H2,1-5H3;4*5-9,21H,10H2,1-4H3;5-10,20H,11H2,1-4H3.